The Bertz CT molecular complexity index is 130. The Morgan fingerprint density at radius 2 is 2.09 bits per heavy atom. The molecule has 2 heteroatoms. The first kappa shape index (κ1) is 9.01. The average molecular weight is 157 g/mol. The minimum atomic E-state index is 0.225. The summed E-state index contributed by atoms with van der Waals surface area (Å²) in [6, 6.07) is 0.650. The van der Waals surface area contributed by atoms with E-state index in [1.54, 1.807) is 0 Å². The van der Waals surface area contributed by atoms with Gasteiger partial charge in [-0.05, 0) is 34.2 Å². The molecule has 0 amide bonds. The van der Waals surface area contributed by atoms with E-state index >= 15 is 0 Å². The molecule has 0 bridgehead atoms. The first-order chi connectivity index (χ1) is 5.03. The molecule has 0 saturated carbocycles. The van der Waals surface area contributed by atoms with Gasteiger partial charge in [0.2, 0.25) is 0 Å². The van der Waals surface area contributed by atoms with Crippen molar-refractivity contribution < 1.29 is 4.74 Å². The molecule has 1 aliphatic heterocycles. The zero-order valence-corrected chi connectivity index (χ0v) is 8.05. The molecule has 1 fully saturated rings. The van der Waals surface area contributed by atoms with Crippen LogP contribution in [0.2, 0.25) is 0 Å². The number of rotatable bonds is 4. The van der Waals surface area contributed by atoms with Gasteiger partial charge < -0.3 is 9.64 Å². The summed E-state index contributed by atoms with van der Waals surface area (Å²) in [4.78, 5) is 2.35. The topological polar surface area (TPSA) is 15.8 Å². The SMILES string of the molecule is CC(C)N(C)CCC1(C)CO1. The summed E-state index contributed by atoms with van der Waals surface area (Å²) < 4.78 is 5.30. The van der Waals surface area contributed by atoms with Crippen LogP contribution in [-0.4, -0.2) is 36.7 Å². The second kappa shape index (κ2) is 3.11. The summed E-state index contributed by atoms with van der Waals surface area (Å²) in [5, 5.41) is 0. The Kier molecular flexibility index (Phi) is 2.55. The summed E-state index contributed by atoms with van der Waals surface area (Å²) in [5.41, 5.74) is 0.225. The lowest BCUT2D eigenvalue weighted by Gasteiger charge is -2.21. The summed E-state index contributed by atoms with van der Waals surface area (Å²) >= 11 is 0. The first-order valence-corrected chi connectivity index (χ1v) is 4.38. The van der Waals surface area contributed by atoms with E-state index in [4.69, 9.17) is 4.74 Å². The van der Waals surface area contributed by atoms with Gasteiger partial charge in [-0.1, -0.05) is 0 Å². The Morgan fingerprint density at radius 1 is 1.55 bits per heavy atom. The van der Waals surface area contributed by atoms with Gasteiger partial charge in [-0.25, -0.2) is 0 Å². The molecule has 0 N–H and O–H groups in total. The molecule has 0 aromatic heterocycles. The fourth-order valence-electron chi connectivity index (χ4n) is 0.939. The van der Waals surface area contributed by atoms with Crippen LogP contribution in [0.15, 0.2) is 0 Å². The van der Waals surface area contributed by atoms with Crippen molar-refractivity contribution in [1.29, 1.82) is 0 Å². The second-order valence-electron chi connectivity index (χ2n) is 4.06. The summed E-state index contributed by atoms with van der Waals surface area (Å²) in [7, 11) is 2.16. The zero-order chi connectivity index (χ0) is 8.48. The van der Waals surface area contributed by atoms with Crippen LogP contribution in [0, 0.1) is 0 Å². The van der Waals surface area contributed by atoms with Crippen LogP contribution in [-0.2, 0) is 4.74 Å². The molecule has 11 heavy (non-hydrogen) atoms. The van der Waals surface area contributed by atoms with E-state index < -0.39 is 0 Å². The second-order valence-corrected chi connectivity index (χ2v) is 4.06. The number of hydrogen-bond donors (Lipinski definition) is 0. The van der Waals surface area contributed by atoms with Gasteiger partial charge in [0.15, 0.2) is 0 Å². The molecule has 0 radical (unpaired) electrons. The van der Waals surface area contributed by atoms with Crippen molar-refractivity contribution in [3.8, 4) is 0 Å². The van der Waals surface area contributed by atoms with Crippen molar-refractivity contribution in [3.05, 3.63) is 0 Å². The van der Waals surface area contributed by atoms with E-state index in [-0.39, 0.29) is 5.60 Å². The fraction of sp³-hybridized carbons (Fsp3) is 1.00. The first-order valence-electron chi connectivity index (χ1n) is 4.38. The maximum Gasteiger partial charge on any atom is 0.0900 e. The number of epoxide rings is 1. The fourth-order valence-corrected chi connectivity index (χ4v) is 0.939. The highest BCUT2D eigenvalue weighted by molar-refractivity contribution is 4.87. The third-order valence-electron chi connectivity index (χ3n) is 2.51. The maximum absolute atomic E-state index is 5.30. The molecule has 1 saturated heterocycles. The minimum Gasteiger partial charge on any atom is -0.370 e. The van der Waals surface area contributed by atoms with Crippen molar-refractivity contribution in [2.45, 2.75) is 38.8 Å². The van der Waals surface area contributed by atoms with Gasteiger partial charge >= 0.3 is 0 Å². The lowest BCUT2D eigenvalue weighted by molar-refractivity contribution is 0.226. The standard InChI is InChI=1S/C9H19NO/c1-8(2)10(4)6-5-9(3)7-11-9/h8H,5-7H2,1-4H3. The zero-order valence-electron chi connectivity index (χ0n) is 8.05. The van der Waals surface area contributed by atoms with Crippen LogP contribution in [0.25, 0.3) is 0 Å². The van der Waals surface area contributed by atoms with Gasteiger partial charge in [-0.3, -0.25) is 0 Å². The quantitative estimate of drug-likeness (QED) is 0.575. The lowest BCUT2D eigenvalue weighted by atomic mass is 10.1. The van der Waals surface area contributed by atoms with Gasteiger partial charge in [-0.2, -0.15) is 0 Å². The third kappa shape index (κ3) is 2.80. The van der Waals surface area contributed by atoms with Crippen molar-refractivity contribution in [3.63, 3.8) is 0 Å². The van der Waals surface area contributed by atoms with Crippen LogP contribution >= 0.6 is 0 Å². The number of nitrogens with zero attached hydrogens (tertiary/aromatic N) is 1. The summed E-state index contributed by atoms with van der Waals surface area (Å²) in [5.74, 6) is 0. The average Bonchev–Trinajstić information content (AvgIpc) is 2.64. The Labute approximate surface area is 69.5 Å². The molecule has 2 nitrogen and oxygen atoms in total. The molecule has 1 aliphatic rings. The normalized spacial score (nSPS) is 30.0. The van der Waals surface area contributed by atoms with E-state index in [1.165, 1.54) is 6.42 Å². The van der Waals surface area contributed by atoms with Crippen LogP contribution in [0.1, 0.15) is 27.2 Å². The molecule has 0 aromatic rings. The van der Waals surface area contributed by atoms with Crippen molar-refractivity contribution in [1.82, 2.24) is 4.90 Å². The largest absolute Gasteiger partial charge is 0.370 e. The maximum atomic E-state index is 5.30. The summed E-state index contributed by atoms with van der Waals surface area (Å²) in [6.07, 6.45) is 1.17. The molecule has 1 heterocycles. The van der Waals surface area contributed by atoms with Gasteiger partial charge in [0.1, 0.15) is 0 Å². The monoisotopic (exact) mass is 157 g/mol. The van der Waals surface area contributed by atoms with Crippen molar-refractivity contribution in [2.24, 2.45) is 0 Å². The molecule has 1 rings (SSSR count). The molecule has 0 aromatic carbocycles. The molecule has 0 spiro atoms. The van der Waals surface area contributed by atoms with E-state index in [0.29, 0.717) is 6.04 Å². The number of ether oxygens (including phenoxy) is 1. The lowest BCUT2D eigenvalue weighted by Crippen LogP contribution is -2.29. The molecule has 1 unspecified atom stereocenters. The molecule has 0 aliphatic carbocycles. The predicted molar refractivity (Wildman–Crippen MR) is 46.7 cm³/mol. The molecule has 66 valence electrons. The third-order valence-corrected chi connectivity index (χ3v) is 2.51. The van der Waals surface area contributed by atoms with Gasteiger partial charge in [-0.15, -0.1) is 0 Å². The minimum absolute atomic E-state index is 0.225. The van der Waals surface area contributed by atoms with Crippen molar-refractivity contribution in [2.75, 3.05) is 20.2 Å². The highest BCUT2D eigenvalue weighted by Gasteiger charge is 2.38. The van der Waals surface area contributed by atoms with Crippen molar-refractivity contribution >= 4 is 0 Å². The van der Waals surface area contributed by atoms with Gasteiger partial charge in [0.25, 0.3) is 0 Å². The van der Waals surface area contributed by atoms with Crippen LogP contribution in [0.4, 0.5) is 0 Å². The molecule has 1 atom stereocenters. The van der Waals surface area contributed by atoms with Gasteiger partial charge in [0.05, 0.1) is 12.2 Å². The summed E-state index contributed by atoms with van der Waals surface area (Å²) in [6.45, 7) is 8.72. The Hall–Kier alpha value is -0.0800. The predicted octanol–water partition coefficient (Wildman–Crippen LogP) is 1.51. The molecular weight excluding hydrogens is 138 g/mol. The van der Waals surface area contributed by atoms with E-state index in [9.17, 15) is 0 Å². The van der Waals surface area contributed by atoms with Crippen LogP contribution in [0.3, 0.4) is 0 Å². The van der Waals surface area contributed by atoms with E-state index in [0.717, 1.165) is 13.2 Å². The molecular formula is C9H19NO. The number of hydrogen-bond acceptors (Lipinski definition) is 2. The Balaban J connectivity index is 2.11. The van der Waals surface area contributed by atoms with E-state index in [1.807, 2.05) is 0 Å². The van der Waals surface area contributed by atoms with Gasteiger partial charge in [0, 0.05) is 12.6 Å². The highest BCUT2D eigenvalue weighted by atomic mass is 16.6. The Morgan fingerprint density at radius 3 is 2.45 bits per heavy atom. The highest BCUT2D eigenvalue weighted by Crippen LogP contribution is 2.29. The van der Waals surface area contributed by atoms with E-state index in [2.05, 4.69) is 32.7 Å². The van der Waals surface area contributed by atoms with Crippen LogP contribution < -0.4 is 0 Å². The smallest absolute Gasteiger partial charge is 0.0900 e. The van der Waals surface area contributed by atoms with Crippen LogP contribution in [0.5, 0.6) is 0 Å².